The van der Waals surface area contributed by atoms with E-state index in [2.05, 4.69) is 27.6 Å². The van der Waals surface area contributed by atoms with Crippen molar-refractivity contribution in [1.82, 2.24) is 0 Å². The summed E-state index contributed by atoms with van der Waals surface area (Å²) < 4.78 is 20.4. The van der Waals surface area contributed by atoms with E-state index >= 15 is 0 Å². The van der Waals surface area contributed by atoms with E-state index in [1.807, 2.05) is 0 Å². The van der Waals surface area contributed by atoms with Gasteiger partial charge in [0, 0.05) is 18.5 Å². The van der Waals surface area contributed by atoms with E-state index in [1.165, 1.54) is 19.6 Å². The molecule has 5 nitrogen and oxygen atoms in total. The molecular formula is C16H29BrO5. The van der Waals surface area contributed by atoms with Crippen molar-refractivity contribution in [1.29, 1.82) is 0 Å². The van der Waals surface area contributed by atoms with Gasteiger partial charge in [-0.15, -0.1) is 0 Å². The average molecular weight is 381 g/mol. The molecule has 0 N–H and O–H groups in total. The van der Waals surface area contributed by atoms with Crippen LogP contribution < -0.4 is 0 Å². The summed E-state index contributed by atoms with van der Waals surface area (Å²) in [6.07, 6.45) is 7.21. The van der Waals surface area contributed by atoms with Crippen LogP contribution in [0, 0.1) is 5.92 Å². The molecule has 0 rings (SSSR count). The maximum absolute atomic E-state index is 11.2. The van der Waals surface area contributed by atoms with Crippen molar-refractivity contribution < 1.29 is 23.7 Å². The van der Waals surface area contributed by atoms with Crippen molar-refractivity contribution in [3.8, 4) is 0 Å². The molecule has 22 heavy (non-hydrogen) atoms. The Kier molecular flexibility index (Phi) is 15.2. The number of halogens is 1. The number of hydrogen-bond acceptors (Lipinski definition) is 5. The van der Waals surface area contributed by atoms with Gasteiger partial charge >= 0.3 is 5.97 Å². The van der Waals surface area contributed by atoms with Gasteiger partial charge in [-0.2, -0.15) is 0 Å². The fraction of sp³-hybridized carbons (Fsp3) is 0.812. The molecule has 0 aromatic carbocycles. The lowest BCUT2D eigenvalue weighted by Crippen LogP contribution is -2.15. The summed E-state index contributed by atoms with van der Waals surface area (Å²) in [5.74, 6) is 0.309. The number of alkyl halides is 1. The van der Waals surface area contributed by atoms with Crippen LogP contribution in [0.1, 0.15) is 32.6 Å². The molecule has 0 aliphatic heterocycles. The molecular weight excluding hydrogens is 352 g/mol. The number of esters is 1. The minimum Gasteiger partial charge on any atom is -0.466 e. The molecule has 0 saturated heterocycles. The van der Waals surface area contributed by atoms with Crippen LogP contribution in [0.15, 0.2) is 12.2 Å². The first kappa shape index (κ1) is 21.6. The molecule has 0 aliphatic rings. The number of hydrogen-bond donors (Lipinski definition) is 0. The van der Waals surface area contributed by atoms with Crippen LogP contribution in [-0.4, -0.2) is 51.6 Å². The zero-order chi connectivity index (χ0) is 16.6. The Bertz CT molecular complexity index is 296. The fourth-order valence-corrected chi connectivity index (χ4v) is 2.61. The first-order valence-corrected chi connectivity index (χ1v) is 8.76. The fourth-order valence-electron chi connectivity index (χ4n) is 1.82. The Morgan fingerprint density at radius 1 is 1.18 bits per heavy atom. The van der Waals surface area contributed by atoms with Crippen molar-refractivity contribution in [3.63, 3.8) is 0 Å². The van der Waals surface area contributed by atoms with Gasteiger partial charge in [-0.05, 0) is 24.8 Å². The van der Waals surface area contributed by atoms with Crippen molar-refractivity contribution in [2.24, 2.45) is 5.92 Å². The predicted octanol–water partition coefficient (Wildman–Crippen LogP) is 3.31. The quantitative estimate of drug-likeness (QED) is 0.152. The van der Waals surface area contributed by atoms with E-state index in [1.54, 1.807) is 13.2 Å². The van der Waals surface area contributed by atoms with E-state index < -0.39 is 0 Å². The maximum atomic E-state index is 11.2. The lowest BCUT2D eigenvalue weighted by atomic mass is 10.00. The smallest absolute Gasteiger partial charge is 0.330 e. The second kappa shape index (κ2) is 15.5. The lowest BCUT2D eigenvalue weighted by molar-refractivity contribution is -0.135. The van der Waals surface area contributed by atoms with Crippen LogP contribution in [0.5, 0.6) is 0 Å². The van der Waals surface area contributed by atoms with E-state index in [4.69, 9.17) is 14.2 Å². The molecule has 0 unspecified atom stereocenters. The van der Waals surface area contributed by atoms with Crippen LogP contribution in [-0.2, 0) is 23.7 Å². The Morgan fingerprint density at radius 3 is 2.59 bits per heavy atom. The number of ether oxygens (including phenoxy) is 4. The molecule has 0 saturated carbocycles. The highest BCUT2D eigenvalue weighted by Gasteiger charge is 2.08. The number of rotatable bonds is 14. The average Bonchev–Trinajstić information content (AvgIpc) is 2.51. The molecule has 0 radical (unpaired) electrons. The lowest BCUT2D eigenvalue weighted by Gasteiger charge is -2.16. The van der Waals surface area contributed by atoms with Crippen LogP contribution in [0.4, 0.5) is 0 Å². The highest BCUT2D eigenvalue weighted by atomic mass is 79.9. The summed E-state index contributed by atoms with van der Waals surface area (Å²) in [7, 11) is 2.98. The van der Waals surface area contributed by atoms with Crippen LogP contribution in [0.3, 0.4) is 0 Å². The summed E-state index contributed by atoms with van der Waals surface area (Å²) in [5, 5.41) is 1.03. The Morgan fingerprint density at radius 2 is 1.95 bits per heavy atom. The van der Waals surface area contributed by atoms with Gasteiger partial charge in [-0.1, -0.05) is 35.7 Å². The third-order valence-corrected chi connectivity index (χ3v) is 3.69. The molecule has 6 heteroatoms. The minimum absolute atomic E-state index is 0.141. The zero-order valence-electron chi connectivity index (χ0n) is 13.9. The molecule has 0 aromatic rings. The zero-order valence-corrected chi connectivity index (χ0v) is 15.5. The van der Waals surface area contributed by atoms with Gasteiger partial charge in [-0.3, -0.25) is 0 Å². The van der Waals surface area contributed by atoms with Crippen LogP contribution in [0.25, 0.3) is 0 Å². The summed E-state index contributed by atoms with van der Waals surface area (Å²) >= 11 is 3.46. The van der Waals surface area contributed by atoms with Gasteiger partial charge in [0.05, 0.1) is 26.4 Å². The molecule has 0 aliphatic carbocycles. The molecule has 0 fully saturated rings. The summed E-state index contributed by atoms with van der Waals surface area (Å²) in [6.45, 7) is 3.47. The van der Waals surface area contributed by atoms with Gasteiger partial charge in [0.15, 0.2) is 0 Å². The number of carbonyl (C=O) groups is 1. The second-order valence-electron chi connectivity index (χ2n) is 5.12. The molecule has 0 amide bonds. The highest BCUT2D eigenvalue weighted by molar-refractivity contribution is 9.09. The standard InChI is InChI=1S/C16H29BrO5/c1-14(9-10-17)5-4-6-15(7-8-16(18)20-3)22-13-21-12-11-19-2/h7-8,14-15H,4-6,9-13H2,1-3H3/b8-7+/t14-,15-/m1/s1. The normalized spacial score (nSPS) is 14.2. The van der Waals surface area contributed by atoms with E-state index in [0.29, 0.717) is 19.1 Å². The summed E-state index contributed by atoms with van der Waals surface area (Å²) in [6, 6.07) is 0. The molecule has 130 valence electrons. The molecule has 0 aromatic heterocycles. The molecule has 0 heterocycles. The highest BCUT2D eigenvalue weighted by Crippen LogP contribution is 2.15. The molecule has 0 bridgehead atoms. The van der Waals surface area contributed by atoms with Gasteiger partial charge in [0.2, 0.25) is 0 Å². The third-order valence-electron chi connectivity index (χ3n) is 3.23. The molecule has 2 atom stereocenters. The van der Waals surface area contributed by atoms with Gasteiger partial charge in [0.25, 0.3) is 0 Å². The Hall–Kier alpha value is -0.430. The Labute approximate surface area is 142 Å². The van der Waals surface area contributed by atoms with Crippen molar-refractivity contribution in [3.05, 3.63) is 12.2 Å². The minimum atomic E-state index is -0.374. The summed E-state index contributed by atoms with van der Waals surface area (Å²) in [5.41, 5.74) is 0. The van der Waals surface area contributed by atoms with E-state index in [9.17, 15) is 4.79 Å². The van der Waals surface area contributed by atoms with Crippen LogP contribution >= 0.6 is 15.9 Å². The van der Waals surface area contributed by atoms with Gasteiger partial charge in [0.1, 0.15) is 6.79 Å². The van der Waals surface area contributed by atoms with Gasteiger partial charge < -0.3 is 18.9 Å². The van der Waals surface area contributed by atoms with E-state index in [0.717, 1.165) is 24.6 Å². The number of carbonyl (C=O) groups excluding carboxylic acids is 1. The van der Waals surface area contributed by atoms with Gasteiger partial charge in [-0.25, -0.2) is 4.79 Å². The van der Waals surface area contributed by atoms with Crippen molar-refractivity contribution in [2.45, 2.75) is 38.7 Å². The second-order valence-corrected chi connectivity index (χ2v) is 5.91. The van der Waals surface area contributed by atoms with Crippen LogP contribution in [0.2, 0.25) is 0 Å². The first-order valence-electron chi connectivity index (χ1n) is 7.64. The maximum Gasteiger partial charge on any atom is 0.330 e. The largest absolute Gasteiger partial charge is 0.466 e. The van der Waals surface area contributed by atoms with Crippen molar-refractivity contribution >= 4 is 21.9 Å². The topological polar surface area (TPSA) is 54.0 Å². The monoisotopic (exact) mass is 380 g/mol. The van der Waals surface area contributed by atoms with Crippen molar-refractivity contribution in [2.75, 3.05) is 39.6 Å². The third kappa shape index (κ3) is 13.2. The predicted molar refractivity (Wildman–Crippen MR) is 90.2 cm³/mol. The first-order chi connectivity index (χ1) is 10.6. The summed E-state index contributed by atoms with van der Waals surface area (Å²) in [4.78, 5) is 11.2. The van der Waals surface area contributed by atoms with E-state index in [-0.39, 0.29) is 18.9 Å². The SMILES string of the molecule is COCCOCO[C@@H](/C=C/C(=O)OC)CCC[C@@H](C)CCBr. The number of methoxy groups -OCH3 is 2. The Balaban J connectivity index is 4.10. The molecule has 0 spiro atoms.